The van der Waals surface area contributed by atoms with E-state index < -0.39 is 35.5 Å². The molecule has 1 aliphatic rings. The van der Waals surface area contributed by atoms with Crippen LogP contribution >= 0.6 is 0 Å². The molecule has 138 valence electrons. The smallest absolute Gasteiger partial charge is 0.407 e. The van der Waals surface area contributed by atoms with Crippen molar-refractivity contribution in [2.75, 3.05) is 13.2 Å². The maximum atomic E-state index is 13.5. The zero-order valence-corrected chi connectivity index (χ0v) is 14.8. The highest BCUT2D eigenvalue weighted by Gasteiger charge is 2.49. The lowest BCUT2D eigenvalue weighted by Gasteiger charge is -2.35. The molecule has 1 aliphatic heterocycles. The topological polar surface area (TPSA) is 111 Å². The molecule has 3 atom stereocenters. The fourth-order valence-electron chi connectivity index (χ4n) is 3.08. The molecule has 0 radical (unpaired) electrons. The van der Waals surface area contributed by atoms with Crippen molar-refractivity contribution in [2.45, 2.75) is 39.0 Å². The van der Waals surface area contributed by atoms with E-state index in [-0.39, 0.29) is 18.7 Å². The molecule has 1 saturated heterocycles. The largest absolute Gasteiger partial charge is 0.465 e. The molecular formula is C17H20FN5O3. The van der Waals surface area contributed by atoms with Gasteiger partial charge in [0.2, 0.25) is 0 Å². The third kappa shape index (κ3) is 4.42. The number of azide groups is 1. The number of nitrogens with zero attached hydrogens (tertiary/aromatic N) is 5. The Morgan fingerprint density at radius 2 is 2.35 bits per heavy atom. The Kier molecular flexibility index (Phi) is 6.03. The van der Waals surface area contributed by atoms with E-state index in [0.29, 0.717) is 0 Å². The van der Waals surface area contributed by atoms with Crippen LogP contribution in [0.2, 0.25) is 0 Å². The second kappa shape index (κ2) is 8.04. The molecule has 1 aromatic rings. The predicted octanol–water partition coefficient (Wildman–Crippen LogP) is 3.04. The molecule has 1 amide bonds. The normalized spacial score (nSPS) is 22.3. The quantitative estimate of drug-likeness (QED) is 0.386. The van der Waals surface area contributed by atoms with E-state index in [1.54, 1.807) is 0 Å². The van der Waals surface area contributed by atoms with Crippen molar-refractivity contribution in [3.8, 4) is 11.8 Å². The Bertz CT molecular complexity index is 777. The molecule has 1 fully saturated rings. The molecule has 0 aliphatic carbocycles. The van der Waals surface area contributed by atoms with Gasteiger partial charge in [-0.3, -0.25) is 4.98 Å². The van der Waals surface area contributed by atoms with Crippen LogP contribution < -0.4 is 0 Å². The van der Waals surface area contributed by atoms with E-state index >= 15 is 0 Å². The summed E-state index contributed by atoms with van der Waals surface area (Å²) in [6.07, 6.45) is 0.779. The second-order valence-electron chi connectivity index (χ2n) is 6.95. The summed E-state index contributed by atoms with van der Waals surface area (Å²) < 4.78 is 19.1. The first-order chi connectivity index (χ1) is 12.3. The van der Waals surface area contributed by atoms with Crippen LogP contribution in [0.25, 0.3) is 10.4 Å². The molecule has 0 bridgehead atoms. The zero-order valence-electron chi connectivity index (χ0n) is 14.8. The third-order valence-corrected chi connectivity index (χ3v) is 4.10. The SMILES string of the molecule is CC(C)(C)C1[C@H](N=[N+]=[N-])[C@@H](OCC#Cc2ccncc2F)CN1C(=O)O. The first-order valence-electron chi connectivity index (χ1n) is 7.99. The maximum absolute atomic E-state index is 13.5. The van der Waals surface area contributed by atoms with Gasteiger partial charge in [-0.05, 0) is 17.0 Å². The second-order valence-corrected chi connectivity index (χ2v) is 6.95. The molecule has 2 rings (SSSR count). The fourth-order valence-corrected chi connectivity index (χ4v) is 3.08. The van der Waals surface area contributed by atoms with Crippen LogP contribution in [0.5, 0.6) is 0 Å². The Labute approximate surface area is 150 Å². The lowest BCUT2D eigenvalue weighted by atomic mass is 9.82. The Hall–Kier alpha value is -2.82. The summed E-state index contributed by atoms with van der Waals surface area (Å²) in [6.45, 7) is 5.66. The minimum absolute atomic E-state index is 0.0474. The van der Waals surface area contributed by atoms with Gasteiger partial charge in [-0.15, -0.1) is 0 Å². The number of rotatable bonds is 3. The van der Waals surface area contributed by atoms with Crippen LogP contribution in [-0.4, -0.2) is 52.4 Å². The van der Waals surface area contributed by atoms with E-state index in [4.69, 9.17) is 10.3 Å². The van der Waals surface area contributed by atoms with Crippen molar-refractivity contribution < 1.29 is 19.0 Å². The number of likely N-dealkylation sites (tertiary alicyclic amines) is 1. The van der Waals surface area contributed by atoms with Crippen molar-refractivity contribution in [3.05, 3.63) is 40.3 Å². The molecule has 9 heteroatoms. The number of amides is 1. The van der Waals surface area contributed by atoms with Crippen molar-refractivity contribution in [1.82, 2.24) is 9.88 Å². The van der Waals surface area contributed by atoms with E-state index in [1.165, 1.54) is 17.2 Å². The van der Waals surface area contributed by atoms with Crippen LogP contribution in [0.3, 0.4) is 0 Å². The van der Waals surface area contributed by atoms with Gasteiger partial charge in [-0.1, -0.05) is 37.7 Å². The number of carboxylic acid groups (broad SMARTS) is 1. The lowest BCUT2D eigenvalue weighted by molar-refractivity contribution is 0.0726. The average molecular weight is 361 g/mol. The number of ether oxygens (including phenoxy) is 1. The van der Waals surface area contributed by atoms with Crippen molar-refractivity contribution in [2.24, 2.45) is 10.5 Å². The average Bonchev–Trinajstić information content (AvgIpc) is 2.92. The number of pyridine rings is 1. The minimum Gasteiger partial charge on any atom is -0.465 e. The van der Waals surface area contributed by atoms with Crippen LogP contribution in [-0.2, 0) is 4.74 Å². The number of aromatic nitrogens is 1. The molecule has 1 aromatic heterocycles. The van der Waals surface area contributed by atoms with Gasteiger partial charge in [0.25, 0.3) is 0 Å². The summed E-state index contributed by atoms with van der Waals surface area (Å²) in [5, 5.41) is 13.2. The van der Waals surface area contributed by atoms with Gasteiger partial charge in [0.1, 0.15) is 6.61 Å². The predicted molar refractivity (Wildman–Crippen MR) is 91.7 cm³/mol. The van der Waals surface area contributed by atoms with Gasteiger partial charge in [-0.25, -0.2) is 9.18 Å². The molecule has 2 heterocycles. The van der Waals surface area contributed by atoms with Crippen LogP contribution in [0.4, 0.5) is 9.18 Å². The first kappa shape index (κ1) is 19.5. The van der Waals surface area contributed by atoms with E-state index in [2.05, 4.69) is 26.9 Å². The summed E-state index contributed by atoms with van der Waals surface area (Å²) >= 11 is 0. The summed E-state index contributed by atoms with van der Waals surface area (Å²) in [4.78, 5) is 19.3. The maximum Gasteiger partial charge on any atom is 0.407 e. The standard InChI is InChI=1S/C17H20FN5O3/c1-17(2,3)15-14(21-22-19)13(10-23(15)16(24)25)26-8-4-5-11-6-7-20-9-12(11)18/h6-7,9,13-15H,8,10H2,1-3H3,(H,24,25)/t13-,14+,15?/m0/s1. The summed E-state index contributed by atoms with van der Waals surface area (Å²) in [5.41, 5.74) is 8.62. The van der Waals surface area contributed by atoms with Crippen LogP contribution in [0.1, 0.15) is 26.3 Å². The highest BCUT2D eigenvalue weighted by Crippen LogP contribution is 2.36. The van der Waals surface area contributed by atoms with Gasteiger partial charge in [0.15, 0.2) is 5.82 Å². The van der Waals surface area contributed by atoms with Crippen LogP contribution in [0.15, 0.2) is 23.6 Å². The van der Waals surface area contributed by atoms with Crippen LogP contribution in [0, 0.1) is 23.1 Å². The highest BCUT2D eigenvalue weighted by atomic mass is 19.1. The van der Waals surface area contributed by atoms with E-state index in [1.807, 2.05) is 20.8 Å². The van der Waals surface area contributed by atoms with Crippen molar-refractivity contribution in [3.63, 3.8) is 0 Å². The molecule has 26 heavy (non-hydrogen) atoms. The van der Waals surface area contributed by atoms with Crippen molar-refractivity contribution >= 4 is 6.09 Å². The zero-order chi connectivity index (χ0) is 19.3. The molecule has 1 N–H and O–H groups in total. The van der Waals surface area contributed by atoms with Gasteiger partial charge in [0, 0.05) is 11.1 Å². The first-order valence-corrected chi connectivity index (χ1v) is 7.99. The summed E-state index contributed by atoms with van der Waals surface area (Å²) in [7, 11) is 0. The van der Waals surface area contributed by atoms with Gasteiger partial charge in [-0.2, -0.15) is 0 Å². The molecule has 1 unspecified atom stereocenters. The Morgan fingerprint density at radius 3 is 2.92 bits per heavy atom. The van der Waals surface area contributed by atoms with E-state index in [9.17, 15) is 14.3 Å². The highest BCUT2D eigenvalue weighted by molar-refractivity contribution is 5.66. The number of halogens is 1. The monoisotopic (exact) mass is 361 g/mol. The lowest BCUT2D eigenvalue weighted by Crippen LogP contribution is -2.47. The Morgan fingerprint density at radius 1 is 1.62 bits per heavy atom. The Balaban J connectivity index is 2.14. The summed E-state index contributed by atoms with van der Waals surface area (Å²) in [5.74, 6) is 4.79. The van der Waals surface area contributed by atoms with Gasteiger partial charge < -0.3 is 14.7 Å². The molecule has 0 saturated carbocycles. The molecule has 0 aromatic carbocycles. The van der Waals surface area contributed by atoms with Crippen molar-refractivity contribution in [1.29, 1.82) is 0 Å². The number of hydrogen-bond acceptors (Lipinski definition) is 4. The molecular weight excluding hydrogens is 341 g/mol. The van der Waals surface area contributed by atoms with Gasteiger partial charge >= 0.3 is 6.09 Å². The van der Waals surface area contributed by atoms with Gasteiger partial charge in [0.05, 0.1) is 36.5 Å². The molecule has 8 nitrogen and oxygen atoms in total. The molecule has 0 spiro atoms. The summed E-state index contributed by atoms with van der Waals surface area (Å²) in [6, 6.07) is 0.254. The fraction of sp³-hybridized carbons (Fsp3) is 0.529. The minimum atomic E-state index is -1.10. The third-order valence-electron chi connectivity index (χ3n) is 4.10. The van der Waals surface area contributed by atoms with E-state index in [0.717, 1.165) is 6.20 Å². The number of carbonyl (C=O) groups is 1. The number of hydrogen-bond donors (Lipinski definition) is 1.